The van der Waals surface area contributed by atoms with E-state index in [1.165, 1.54) is 4.74 Å². The zero-order valence-corrected chi connectivity index (χ0v) is 31.1. The highest BCUT2D eigenvalue weighted by Crippen LogP contribution is 2.57. The molecule has 0 aromatic rings. The Kier molecular flexibility index (Phi) is 18.9. The maximum Gasteiger partial charge on any atom is 0.478 e. The van der Waals surface area contributed by atoms with Crippen molar-refractivity contribution in [3.8, 4) is 0 Å². The molecule has 0 radical (unpaired) electrons. The molecule has 0 unspecified atom stereocenters. The minimum atomic E-state index is -8.75. The number of rotatable bonds is 31. The smallest absolute Gasteiger partial charge is 0.281 e. The third-order valence-corrected chi connectivity index (χ3v) is 6.03. The SMILES string of the molecule is FCOC(F)(F)C(F)(F)OC(F)(F)C(F)(F)OC(F)(F)C(F)(F)OC(F)(F)C(F)(F)OC(F)(F)C(F)(F)OC(F)(F)C(F)(F)OC(F)(F)C(F)(F)OC(F)(F)C(F)(F)OC(F)(F)C(F)(F)OC(F)(F)C(F)(F)OF. The van der Waals surface area contributed by atoms with Crippen molar-refractivity contribution in [3.63, 3.8) is 0 Å². The molecule has 0 aromatic heterocycles. The average molecular weight is 1230 g/mol. The molecule has 0 saturated heterocycles. The lowest BCUT2D eigenvalue weighted by atomic mass is 10.4. The molecular formula is C21H2F42O11. The molecule has 0 aliphatic heterocycles. The van der Waals surface area contributed by atoms with Gasteiger partial charge in [-0.3, -0.25) is 4.74 Å². The summed E-state index contributed by atoms with van der Waals surface area (Å²) in [5, 5.41) is 0. The van der Waals surface area contributed by atoms with Crippen molar-refractivity contribution >= 4 is 0 Å². The van der Waals surface area contributed by atoms with Crippen LogP contribution in [-0.4, -0.2) is 129 Å². The standard InChI is InChI=1S/C21H2F42O11/c22-1-64-2(23,24)3(25,26)65-4(27,28)5(29,30)66-6(31,32)7(33,34)67-8(35,36)9(37,38)68-10(39,40)11(41,42)69-12(43,44)13(45,46)70-14(47,48)15(49,50)71-16(51,52)17(53,54)72-18(55,56)19(57,58)73-20(59,60)21(61,62)74-63/h1H2. The molecule has 0 spiro atoms. The van der Waals surface area contributed by atoms with Crippen LogP contribution in [0.3, 0.4) is 0 Å². The Bertz CT molecular complexity index is 1880. The molecule has 74 heavy (non-hydrogen) atoms. The van der Waals surface area contributed by atoms with Crippen LogP contribution < -0.4 is 0 Å². The van der Waals surface area contributed by atoms with Gasteiger partial charge in [0, 0.05) is 0 Å². The van der Waals surface area contributed by atoms with Crippen LogP contribution in [0.25, 0.3) is 0 Å². The van der Waals surface area contributed by atoms with E-state index in [9.17, 15) is 185 Å². The van der Waals surface area contributed by atoms with Gasteiger partial charge in [0.15, 0.2) is 6.86 Å². The Balaban J connectivity index is 6.61. The zero-order chi connectivity index (χ0) is 60.5. The predicted octanol–water partition coefficient (Wildman–Crippen LogP) is 12.8. The van der Waals surface area contributed by atoms with Crippen LogP contribution >= 0.6 is 0 Å². The summed E-state index contributed by atoms with van der Waals surface area (Å²) in [5.74, 6) is 0. The highest BCUT2D eigenvalue weighted by molar-refractivity contribution is 4.85. The molecule has 53 heteroatoms. The van der Waals surface area contributed by atoms with Crippen molar-refractivity contribution in [1.82, 2.24) is 0 Å². The Morgan fingerprint density at radius 3 is 0.351 bits per heavy atom. The molecule has 446 valence electrons. The molecule has 0 bridgehead atoms. The summed E-state index contributed by atoms with van der Waals surface area (Å²) in [5.41, 5.74) is 0. The second-order valence-corrected chi connectivity index (χ2v) is 11.6. The Morgan fingerprint density at radius 2 is 0.257 bits per heavy atom. The summed E-state index contributed by atoms with van der Waals surface area (Å²) in [4.78, 5) is 0.949. The van der Waals surface area contributed by atoms with Crippen LogP contribution in [0.2, 0.25) is 0 Å². The fourth-order valence-corrected chi connectivity index (χ4v) is 2.72. The highest BCUT2D eigenvalue weighted by Gasteiger charge is 2.83. The first-order chi connectivity index (χ1) is 31.5. The van der Waals surface area contributed by atoms with Gasteiger partial charge >= 0.3 is 122 Å². The van der Waals surface area contributed by atoms with E-state index in [4.69, 9.17) is 0 Å². The summed E-state index contributed by atoms with van der Waals surface area (Å²) >= 11 is 0. The molecule has 0 fully saturated rings. The fraction of sp³-hybridized carbons (Fsp3) is 1.00. The first-order valence-electron chi connectivity index (χ1n) is 14.9. The average Bonchev–Trinajstić information content (AvgIpc) is 3.06. The number of hydrogen-bond donors (Lipinski definition) is 0. The van der Waals surface area contributed by atoms with Crippen LogP contribution in [-0.2, 0) is 52.3 Å². The number of ether oxygens (including phenoxy) is 10. The molecule has 0 rings (SSSR count). The van der Waals surface area contributed by atoms with Gasteiger partial charge in [-0.2, -0.15) is 176 Å². The van der Waals surface area contributed by atoms with Crippen LogP contribution in [0.1, 0.15) is 0 Å². The number of halogens is 42. The lowest BCUT2D eigenvalue weighted by Crippen LogP contribution is -2.63. The van der Waals surface area contributed by atoms with E-state index >= 15 is 0 Å². The second kappa shape index (κ2) is 19.8. The van der Waals surface area contributed by atoms with Crippen molar-refractivity contribution < 1.29 is 237 Å². The molecule has 0 N–H and O–H groups in total. The quantitative estimate of drug-likeness (QED) is 0.0620. The monoisotopic (exact) mass is 1230 g/mol. The van der Waals surface area contributed by atoms with Gasteiger partial charge < -0.3 is 0 Å². The fourth-order valence-electron chi connectivity index (χ4n) is 2.72. The van der Waals surface area contributed by atoms with Crippen molar-refractivity contribution in [2.45, 2.75) is 122 Å². The van der Waals surface area contributed by atoms with Crippen LogP contribution in [0.15, 0.2) is 0 Å². The van der Waals surface area contributed by atoms with E-state index in [1.54, 1.807) is 0 Å². The topological polar surface area (TPSA) is 102 Å². The van der Waals surface area contributed by atoms with E-state index in [0.29, 0.717) is 0 Å². The van der Waals surface area contributed by atoms with Gasteiger partial charge in [-0.05, 0) is 4.53 Å². The molecule has 0 aliphatic carbocycles. The maximum atomic E-state index is 13.7. The summed E-state index contributed by atoms with van der Waals surface area (Å²) in [6.07, 6.45) is -166. The first-order valence-corrected chi connectivity index (χ1v) is 14.9. The van der Waals surface area contributed by atoms with Crippen molar-refractivity contribution in [1.29, 1.82) is 0 Å². The normalized spacial score (nSPS) is 16.6. The summed E-state index contributed by atoms with van der Waals surface area (Å²) in [7, 11) is 0. The van der Waals surface area contributed by atoms with E-state index < -0.39 is 129 Å². The van der Waals surface area contributed by atoms with Gasteiger partial charge in [0.1, 0.15) is 0 Å². The molecule has 0 saturated carbocycles. The minimum Gasteiger partial charge on any atom is -0.281 e. The lowest BCUT2D eigenvalue weighted by molar-refractivity contribution is -0.604. The van der Waals surface area contributed by atoms with Gasteiger partial charge in [-0.25, -0.2) is 47.0 Å². The molecule has 11 nitrogen and oxygen atoms in total. The first kappa shape index (κ1) is 70.6. The van der Waals surface area contributed by atoms with Gasteiger partial charge in [0.2, 0.25) is 0 Å². The third kappa shape index (κ3) is 14.4. The second-order valence-electron chi connectivity index (χ2n) is 11.6. The molecule has 0 aliphatic rings. The summed E-state index contributed by atoms with van der Waals surface area (Å²) < 4.78 is 569. The molecule has 0 heterocycles. The van der Waals surface area contributed by atoms with E-state index in [0.717, 1.165) is 42.8 Å². The van der Waals surface area contributed by atoms with Crippen LogP contribution in [0.5, 0.6) is 0 Å². The minimum absolute atomic E-state index is 0.868. The Labute approximate surface area is 367 Å². The summed E-state index contributed by atoms with van der Waals surface area (Å²) in [6.45, 7) is -3.22. The van der Waals surface area contributed by atoms with Crippen molar-refractivity contribution in [3.05, 3.63) is 0 Å². The third-order valence-electron chi connectivity index (χ3n) is 6.03. The molecule has 0 atom stereocenters. The van der Waals surface area contributed by atoms with E-state index in [-0.39, 0.29) is 0 Å². The molecular weight excluding hydrogens is 1230 g/mol. The van der Waals surface area contributed by atoms with Crippen LogP contribution in [0.4, 0.5) is 185 Å². The highest BCUT2D eigenvalue weighted by atomic mass is 19.4. The lowest BCUT2D eigenvalue weighted by Gasteiger charge is -2.37. The van der Waals surface area contributed by atoms with Crippen molar-refractivity contribution in [2.24, 2.45) is 0 Å². The van der Waals surface area contributed by atoms with E-state index in [2.05, 4.69) is 4.74 Å². The van der Waals surface area contributed by atoms with Gasteiger partial charge in [-0.15, -0.1) is 4.94 Å². The number of hydrogen-bond acceptors (Lipinski definition) is 11. The summed E-state index contributed by atoms with van der Waals surface area (Å²) in [6, 6.07) is 0. The Hall–Kier alpha value is -3.38. The van der Waals surface area contributed by atoms with Gasteiger partial charge in [0.05, 0.1) is 0 Å². The maximum absolute atomic E-state index is 13.7. The molecule has 0 aromatic carbocycles. The zero-order valence-electron chi connectivity index (χ0n) is 31.1. The van der Waals surface area contributed by atoms with Gasteiger partial charge in [-0.1, -0.05) is 0 Å². The van der Waals surface area contributed by atoms with Crippen LogP contribution in [0, 0.1) is 0 Å². The Morgan fingerprint density at radius 1 is 0.162 bits per heavy atom. The van der Waals surface area contributed by atoms with E-state index in [1.807, 2.05) is 0 Å². The molecule has 0 amide bonds. The van der Waals surface area contributed by atoms with Crippen molar-refractivity contribution in [2.75, 3.05) is 6.86 Å². The largest absolute Gasteiger partial charge is 0.478 e. The number of alkyl halides is 41. The predicted molar refractivity (Wildman–Crippen MR) is 118 cm³/mol. The van der Waals surface area contributed by atoms with Gasteiger partial charge in [0.25, 0.3) is 0 Å².